The van der Waals surface area contributed by atoms with Crippen LogP contribution in [-0.4, -0.2) is 35.1 Å². The molecule has 0 bridgehead atoms. The molecule has 0 radical (unpaired) electrons. The first kappa shape index (κ1) is 15.1. The molecule has 3 N–H and O–H groups in total. The number of nitrogens with one attached hydrogen (secondary N) is 1. The van der Waals surface area contributed by atoms with Gasteiger partial charge in [-0.15, -0.1) is 0 Å². The number of guanidine groups is 1. The molecule has 0 atom stereocenters. The first-order chi connectivity index (χ1) is 10.7. The van der Waals surface area contributed by atoms with E-state index in [1.165, 1.54) is 38.5 Å². The van der Waals surface area contributed by atoms with Crippen molar-refractivity contribution in [2.45, 2.75) is 58.0 Å². The lowest BCUT2D eigenvalue weighted by Gasteiger charge is -2.16. The third kappa shape index (κ3) is 3.87. The Morgan fingerprint density at radius 2 is 2.00 bits per heavy atom. The van der Waals surface area contributed by atoms with Crippen molar-refractivity contribution in [3.8, 4) is 0 Å². The van der Waals surface area contributed by atoms with Crippen molar-refractivity contribution < 1.29 is 0 Å². The molecule has 22 heavy (non-hydrogen) atoms. The summed E-state index contributed by atoms with van der Waals surface area (Å²) in [6, 6.07) is 2.49. The third-order valence-corrected chi connectivity index (χ3v) is 4.40. The Balaban J connectivity index is 1.63. The molecule has 0 unspecified atom stereocenters. The van der Waals surface area contributed by atoms with Crippen LogP contribution in [0.4, 0.5) is 5.95 Å². The van der Waals surface area contributed by atoms with Crippen molar-refractivity contribution in [1.82, 2.24) is 15.3 Å². The van der Waals surface area contributed by atoms with Crippen LogP contribution in [0.15, 0.2) is 11.1 Å². The van der Waals surface area contributed by atoms with E-state index in [1.807, 2.05) is 13.0 Å². The monoisotopic (exact) mass is 302 g/mol. The molecule has 1 aliphatic carbocycles. The topological polar surface area (TPSA) is 79.4 Å². The molecule has 1 saturated carbocycles. The zero-order valence-electron chi connectivity index (χ0n) is 13.4. The first-order valence-electron chi connectivity index (χ1n) is 8.37. The summed E-state index contributed by atoms with van der Waals surface area (Å²) in [7, 11) is 0. The average molecular weight is 302 g/mol. The number of hydrogen-bond acceptors (Lipinski definition) is 4. The van der Waals surface area contributed by atoms with E-state index in [0.717, 1.165) is 30.4 Å². The van der Waals surface area contributed by atoms with Gasteiger partial charge in [-0.2, -0.15) is 0 Å². The maximum Gasteiger partial charge on any atom is 0.225 e. The number of aliphatic imine (C=N–C) groups is 1. The molecular weight excluding hydrogens is 276 g/mol. The number of nitrogens with zero attached hydrogens (tertiary/aromatic N) is 4. The van der Waals surface area contributed by atoms with Crippen molar-refractivity contribution in [3.63, 3.8) is 0 Å². The van der Waals surface area contributed by atoms with Gasteiger partial charge < -0.3 is 16.0 Å². The predicted molar refractivity (Wildman–Crippen MR) is 88.9 cm³/mol. The smallest absolute Gasteiger partial charge is 0.225 e. The molecule has 1 aromatic rings. The minimum Gasteiger partial charge on any atom is -0.370 e. The molecule has 2 aliphatic rings. The van der Waals surface area contributed by atoms with Crippen LogP contribution in [0, 0.1) is 6.92 Å². The first-order valence-corrected chi connectivity index (χ1v) is 8.37. The van der Waals surface area contributed by atoms with Crippen molar-refractivity contribution in [2.24, 2.45) is 10.7 Å². The highest BCUT2D eigenvalue weighted by Crippen LogP contribution is 2.18. The molecule has 0 amide bonds. The summed E-state index contributed by atoms with van der Waals surface area (Å²) in [5.41, 5.74) is 7.91. The number of nitrogens with two attached hydrogens (primary N) is 1. The summed E-state index contributed by atoms with van der Waals surface area (Å²) in [4.78, 5) is 15.9. The van der Waals surface area contributed by atoms with E-state index in [0.29, 0.717) is 18.5 Å². The SMILES string of the molecule is Cc1cc(CN=C(N)NC2CCCC2)nc(N2CCCC2)n1. The molecule has 6 heteroatoms. The van der Waals surface area contributed by atoms with E-state index in [1.54, 1.807) is 0 Å². The van der Waals surface area contributed by atoms with Crippen LogP contribution >= 0.6 is 0 Å². The highest BCUT2D eigenvalue weighted by molar-refractivity contribution is 5.78. The van der Waals surface area contributed by atoms with Crippen LogP contribution in [0.25, 0.3) is 0 Å². The van der Waals surface area contributed by atoms with Gasteiger partial charge >= 0.3 is 0 Å². The summed E-state index contributed by atoms with van der Waals surface area (Å²) in [6.45, 7) is 4.62. The summed E-state index contributed by atoms with van der Waals surface area (Å²) in [5.74, 6) is 1.37. The molecule has 6 nitrogen and oxygen atoms in total. The van der Waals surface area contributed by atoms with Gasteiger partial charge in [0.15, 0.2) is 5.96 Å². The van der Waals surface area contributed by atoms with Gasteiger partial charge in [-0.05, 0) is 38.7 Å². The van der Waals surface area contributed by atoms with Gasteiger partial charge in [0.1, 0.15) is 0 Å². The Bertz CT molecular complexity index is 529. The molecular formula is C16H26N6. The van der Waals surface area contributed by atoms with Gasteiger partial charge in [0, 0.05) is 24.8 Å². The van der Waals surface area contributed by atoms with Gasteiger partial charge in [-0.3, -0.25) is 0 Å². The lowest BCUT2D eigenvalue weighted by molar-refractivity contribution is 0.625. The molecule has 120 valence electrons. The van der Waals surface area contributed by atoms with E-state index in [4.69, 9.17) is 5.73 Å². The van der Waals surface area contributed by atoms with E-state index >= 15 is 0 Å². The molecule has 0 spiro atoms. The Hall–Kier alpha value is -1.85. The fourth-order valence-electron chi connectivity index (χ4n) is 3.25. The largest absolute Gasteiger partial charge is 0.370 e. The zero-order chi connectivity index (χ0) is 15.4. The maximum absolute atomic E-state index is 5.98. The zero-order valence-corrected chi connectivity index (χ0v) is 13.4. The average Bonchev–Trinajstić information content (AvgIpc) is 3.18. The number of rotatable bonds is 4. The van der Waals surface area contributed by atoms with Gasteiger partial charge in [0.2, 0.25) is 5.95 Å². The Morgan fingerprint density at radius 1 is 1.27 bits per heavy atom. The number of hydrogen-bond donors (Lipinski definition) is 2. The standard InChI is InChI=1S/C16H26N6/c1-12-10-14(21-16(19-12)22-8-4-5-9-22)11-18-15(17)20-13-6-2-3-7-13/h10,13H,2-9,11H2,1H3,(H3,17,18,20). The fraction of sp³-hybridized carbons (Fsp3) is 0.688. The lowest BCUT2D eigenvalue weighted by Crippen LogP contribution is -2.38. The second-order valence-corrected chi connectivity index (χ2v) is 6.32. The van der Waals surface area contributed by atoms with Crippen molar-refractivity contribution in [1.29, 1.82) is 0 Å². The van der Waals surface area contributed by atoms with Crippen LogP contribution in [0.1, 0.15) is 49.9 Å². The number of anilines is 1. The van der Waals surface area contributed by atoms with Crippen LogP contribution in [0.2, 0.25) is 0 Å². The Labute approximate surface area is 132 Å². The van der Waals surface area contributed by atoms with Crippen LogP contribution in [0.5, 0.6) is 0 Å². The molecule has 1 aliphatic heterocycles. The minimum atomic E-state index is 0.496. The quantitative estimate of drug-likeness (QED) is 0.654. The normalized spacial score (nSPS) is 19.9. The second-order valence-electron chi connectivity index (χ2n) is 6.32. The fourth-order valence-corrected chi connectivity index (χ4v) is 3.25. The molecule has 2 heterocycles. The van der Waals surface area contributed by atoms with Crippen LogP contribution in [-0.2, 0) is 6.54 Å². The number of aromatic nitrogens is 2. The molecule has 1 saturated heterocycles. The summed E-state index contributed by atoms with van der Waals surface area (Å²) in [5, 5.41) is 3.31. The van der Waals surface area contributed by atoms with Gasteiger partial charge in [0.05, 0.1) is 12.2 Å². The van der Waals surface area contributed by atoms with E-state index in [2.05, 4.69) is 25.2 Å². The predicted octanol–water partition coefficient (Wildman–Crippen LogP) is 1.73. The van der Waals surface area contributed by atoms with E-state index < -0.39 is 0 Å². The second kappa shape index (κ2) is 6.94. The summed E-state index contributed by atoms with van der Waals surface area (Å²) in [6.07, 6.45) is 7.42. The molecule has 0 aromatic carbocycles. The highest BCUT2D eigenvalue weighted by atomic mass is 15.3. The Kier molecular flexibility index (Phi) is 4.75. The highest BCUT2D eigenvalue weighted by Gasteiger charge is 2.16. The van der Waals surface area contributed by atoms with Gasteiger partial charge in [0.25, 0.3) is 0 Å². The Morgan fingerprint density at radius 3 is 2.73 bits per heavy atom. The van der Waals surface area contributed by atoms with Crippen molar-refractivity contribution >= 4 is 11.9 Å². The summed E-state index contributed by atoms with van der Waals surface area (Å²) < 4.78 is 0. The maximum atomic E-state index is 5.98. The molecule has 1 aromatic heterocycles. The van der Waals surface area contributed by atoms with Crippen LogP contribution < -0.4 is 16.0 Å². The van der Waals surface area contributed by atoms with Gasteiger partial charge in [-0.1, -0.05) is 12.8 Å². The number of aryl methyl sites for hydroxylation is 1. The summed E-state index contributed by atoms with van der Waals surface area (Å²) >= 11 is 0. The molecule has 3 rings (SSSR count). The third-order valence-electron chi connectivity index (χ3n) is 4.40. The van der Waals surface area contributed by atoms with Gasteiger partial charge in [-0.25, -0.2) is 15.0 Å². The van der Waals surface area contributed by atoms with Crippen molar-refractivity contribution in [2.75, 3.05) is 18.0 Å². The molecule has 2 fully saturated rings. The minimum absolute atomic E-state index is 0.496. The van der Waals surface area contributed by atoms with Crippen LogP contribution in [0.3, 0.4) is 0 Å². The lowest BCUT2D eigenvalue weighted by atomic mass is 10.2. The van der Waals surface area contributed by atoms with E-state index in [9.17, 15) is 0 Å². The van der Waals surface area contributed by atoms with E-state index in [-0.39, 0.29) is 0 Å². The van der Waals surface area contributed by atoms with Crippen molar-refractivity contribution in [3.05, 3.63) is 17.5 Å².